The van der Waals surface area contributed by atoms with Gasteiger partial charge in [-0.1, -0.05) is 13.3 Å². The molecule has 4 nitrogen and oxygen atoms in total. The van der Waals surface area contributed by atoms with Crippen molar-refractivity contribution >= 4 is 0 Å². The second-order valence-electron chi connectivity index (χ2n) is 3.95. The van der Waals surface area contributed by atoms with Crippen LogP contribution in [0, 0.1) is 0 Å². The molecular weight excluding hydrogens is 190 g/mol. The Hall–Kier alpha value is -0.870. The Morgan fingerprint density at radius 1 is 1.60 bits per heavy atom. The van der Waals surface area contributed by atoms with Gasteiger partial charge in [-0.2, -0.15) is 5.10 Å². The zero-order chi connectivity index (χ0) is 11.3. The minimum Gasteiger partial charge on any atom is -0.372 e. The number of hydrogen-bond donors (Lipinski definition) is 1. The van der Waals surface area contributed by atoms with E-state index in [1.807, 2.05) is 26.4 Å². The van der Waals surface area contributed by atoms with Crippen molar-refractivity contribution in [2.45, 2.75) is 38.8 Å². The van der Waals surface area contributed by atoms with Crippen molar-refractivity contribution in [1.82, 2.24) is 9.78 Å². The van der Waals surface area contributed by atoms with Gasteiger partial charge in [-0.05, 0) is 13.3 Å². The molecule has 2 unspecified atom stereocenters. The van der Waals surface area contributed by atoms with E-state index in [0.29, 0.717) is 0 Å². The zero-order valence-electron chi connectivity index (χ0n) is 9.81. The molecule has 0 aliphatic heterocycles. The summed E-state index contributed by atoms with van der Waals surface area (Å²) in [6, 6.07) is -0.00828. The van der Waals surface area contributed by atoms with Gasteiger partial charge in [0.15, 0.2) is 0 Å². The highest BCUT2D eigenvalue weighted by Gasteiger charge is 2.17. The number of hydrogen-bond acceptors (Lipinski definition) is 3. The van der Waals surface area contributed by atoms with Crippen LogP contribution >= 0.6 is 0 Å². The Labute approximate surface area is 91.4 Å². The SMILES string of the molecule is CCCCOC(c1cnn(C)c1)C(C)N. The van der Waals surface area contributed by atoms with E-state index in [2.05, 4.69) is 12.0 Å². The van der Waals surface area contributed by atoms with Crippen molar-refractivity contribution in [2.75, 3.05) is 6.61 Å². The first-order chi connectivity index (χ1) is 7.15. The molecule has 0 aliphatic carbocycles. The number of unbranched alkanes of at least 4 members (excludes halogenated alkanes) is 1. The number of rotatable bonds is 6. The van der Waals surface area contributed by atoms with Gasteiger partial charge in [0.05, 0.1) is 6.20 Å². The van der Waals surface area contributed by atoms with Crippen molar-refractivity contribution in [2.24, 2.45) is 12.8 Å². The molecule has 0 spiro atoms. The van der Waals surface area contributed by atoms with E-state index >= 15 is 0 Å². The van der Waals surface area contributed by atoms with Gasteiger partial charge in [0.1, 0.15) is 6.10 Å². The highest BCUT2D eigenvalue weighted by atomic mass is 16.5. The van der Waals surface area contributed by atoms with Crippen LogP contribution in [-0.4, -0.2) is 22.4 Å². The fourth-order valence-corrected chi connectivity index (χ4v) is 1.49. The molecule has 2 N–H and O–H groups in total. The second-order valence-corrected chi connectivity index (χ2v) is 3.95. The number of aryl methyl sites for hydroxylation is 1. The molecular formula is C11H21N3O. The molecule has 0 fully saturated rings. The lowest BCUT2D eigenvalue weighted by atomic mass is 10.1. The van der Waals surface area contributed by atoms with Gasteiger partial charge in [0.25, 0.3) is 0 Å². The third-order valence-electron chi connectivity index (χ3n) is 2.33. The van der Waals surface area contributed by atoms with Crippen molar-refractivity contribution in [3.63, 3.8) is 0 Å². The Morgan fingerprint density at radius 3 is 2.80 bits per heavy atom. The summed E-state index contributed by atoms with van der Waals surface area (Å²) < 4.78 is 7.54. The Balaban J connectivity index is 2.58. The quantitative estimate of drug-likeness (QED) is 0.727. The Morgan fingerprint density at radius 2 is 2.33 bits per heavy atom. The summed E-state index contributed by atoms with van der Waals surface area (Å²) in [7, 11) is 1.90. The molecule has 0 saturated carbocycles. The molecule has 4 heteroatoms. The molecule has 86 valence electrons. The number of ether oxygens (including phenoxy) is 1. The molecule has 0 aromatic carbocycles. The van der Waals surface area contributed by atoms with Gasteiger partial charge >= 0.3 is 0 Å². The third kappa shape index (κ3) is 3.64. The Kier molecular flexibility index (Phi) is 4.78. The lowest BCUT2D eigenvalue weighted by molar-refractivity contribution is 0.0365. The number of aromatic nitrogens is 2. The topological polar surface area (TPSA) is 53.1 Å². The van der Waals surface area contributed by atoms with E-state index in [1.54, 1.807) is 4.68 Å². The van der Waals surface area contributed by atoms with Crippen molar-refractivity contribution in [3.05, 3.63) is 18.0 Å². The van der Waals surface area contributed by atoms with E-state index in [-0.39, 0.29) is 12.1 Å². The largest absolute Gasteiger partial charge is 0.372 e. The summed E-state index contributed by atoms with van der Waals surface area (Å²) in [5.41, 5.74) is 6.96. The van der Waals surface area contributed by atoms with Gasteiger partial charge < -0.3 is 10.5 Å². The molecule has 1 aromatic heterocycles. The summed E-state index contributed by atoms with van der Waals surface area (Å²) >= 11 is 0. The minimum absolute atomic E-state index is 0.00828. The van der Waals surface area contributed by atoms with Crippen LogP contribution < -0.4 is 5.73 Å². The molecule has 1 aromatic rings. The van der Waals surface area contributed by atoms with E-state index in [4.69, 9.17) is 10.5 Å². The van der Waals surface area contributed by atoms with E-state index in [9.17, 15) is 0 Å². The number of nitrogens with zero attached hydrogens (tertiary/aromatic N) is 2. The van der Waals surface area contributed by atoms with Gasteiger partial charge in [0.2, 0.25) is 0 Å². The fourth-order valence-electron chi connectivity index (χ4n) is 1.49. The average Bonchev–Trinajstić information content (AvgIpc) is 2.59. The maximum Gasteiger partial charge on any atom is 0.100 e. The summed E-state index contributed by atoms with van der Waals surface area (Å²) in [5, 5.41) is 4.13. The standard InChI is InChI=1S/C11H21N3O/c1-4-5-6-15-11(9(2)12)10-7-13-14(3)8-10/h7-9,11H,4-6,12H2,1-3H3. The highest BCUT2D eigenvalue weighted by Crippen LogP contribution is 2.19. The predicted molar refractivity (Wildman–Crippen MR) is 60.5 cm³/mol. The van der Waals surface area contributed by atoms with Gasteiger partial charge in [-0.25, -0.2) is 0 Å². The van der Waals surface area contributed by atoms with Crippen molar-refractivity contribution < 1.29 is 4.74 Å². The zero-order valence-corrected chi connectivity index (χ0v) is 9.81. The summed E-state index contributed by atoms with van der Waals surface area (Å²) in [4.78, 5) is 0. The van der Waals surface area contributed by atoms with E-state index in [0.717, 1.165) is 25.0 Å². The van der Waals surface area contributed by atoms with Gasteiger partial charge in [-0.15, -0.1) is 0 Å². The van der Waals surface area contributed by atoms with Crippen LogP contribution in [0.3, 0.4) is 0 Å². The Bertz CT molecular complexity index is 283. The fraction of sp³-hybridized carbons (Fsp3) is 0.727. The smallest absolute Gasteiger partial charge is 0.100 e. The molecule has 0 radical (unpaired) electrons. The molecule has 1 heterocycles. The first kappa shape index (κ1) is 12.2. The second kappa shape index (κ2) is 5.88. The molecule has 15 heavy (non-hydrogen) atoms. The summed E-state index contributed by atoms with van der Waals surface area (Å²) in [5.74, 6) is 0. The molecule has 1 rings (SSSR count). The molecule has 0 aliphatic rings. The molecule has 0 saturated heterocycles. The highest BCUT2D eigenvalue weighted by molar-refractivity contribution is 5.10. The van der Waals surface area contributed by atoms with Crippen LogP contribution in [0.5, 0.6) is 0 Å². The monoisotopic (exact) mass is 211 g/mol. The maximum atomic E-state index is 5.90. The third-order valence-corrected chi connectivity index (χ3v) is 2.33. The predicted octanol–water partition coefficient (Wildman–Crippen LogP) is 1.63. The minimum atomic E-state index is -0.0368. The van der Waals surface area contributed by atoms with Crippen LogP contribution in [0.2, 0.25) is 0 Å². The number of nitrogens with two attached hydrogens (primary N) is 1. The van der Waals surface area contributed by atoms with Crippen LogP contribution in [0.1, 0.15) is 38.4 Å². The van der Waals surface area contributed by atoms with Gasteiger partial charge in [-0.3, -0.25) is 4.68 Å². The van der Waals surface area contributed by atoms with Crippen LogP contribution in [0.4, 0.5) is 0 Å². The molecule has 0 amide bonds. The average molecular weight is 211 g/mol. The van der Waals surface area contributed by atoms with Crippen molar-refractivity contribution in [3.8, 4) is 0 Å². The lowest BCUT2D eigenvalue weighted by Gasteiger charge is -2.19. The lowest BCUT2D eigenvalue weighted by Crippen LogP contribution is -2.27. The van der Waals surface area contributed by atoms with Crippen LogP contribution in [-0.2, 0) is 11.8 Å². The maximum absolute atomic E-state index is 5.90. The first-order valence-corrected chi connectivity index (χ1v) is 5.51. The van der Waals surface area contributed by atoms with Crippen LogP contribution in [0.25, 0.3) is 0 Å². The summed E-state index contributed by atoms with van der Waals surface area (Å²) in [6.45, 7) is 4.87. The molecule has 0 bridgehead atoms. The van der Waals surface area contributed by atoms with Gasteiger partial charge in [0, 0.05) is 31.5 Å². The van der Waals surface area contributed by atoms with E-state index < -0.39 is 0 Å². The van der Waals surface area contributed by atoms with Crippen LogP contribution in [0.15, 0.2) is 12.4 Å². The van der Waals surface area contributed by atoms with Crippen molar-refractivity contribution in [1.29, 1.82) is 0 Å². The molecule has 2 atom stereocenters. The summed E-state index contributed by atoms with van der Waals surface area (Å²) in [6.07, 6.45) is 5.95. The normalized spacial score (nSPS) is 15.2. The first-order valence-electron chi connectivity index (χ1n) is 5.51. The van der Waals surface area contributed by atoms with E-state index in [1.165, 1.54) is 0 Å².